The summed E-state index contributed by atoms with van der Waals surface area (Å²) in [6.45, 7) is 6.39. The van der Waals surface area contributed by atoms with E-state index in [1.54, 1.807) is 0 Å². The molecule has 0 amide bonds. The van der Waals surface area contributed by atoms with Crippen molar-refractivity contribution < 1.29 is 5.11 Å². The lowest BCUT2D eigenvalue weighted by molar-refractivity contribution is 0.195. The lowest BCUT2D eigenvalue weighted by Gasteiger charge is -2.10. The zero-order chi connectivity index (χ0) is 7.98. The van der Waals surface area contributed by atoms with Gasteiger partial charge in [0, 0.05) is 11.0 Å². The Morgan fingerprint density at radius 2 is 1.90 bits per heavy atom. The summed E-state index contributed by atoms with van der Waals surface area (Å²) in [4.78, 5) is 0. The van der Waals surface area contributed by atoms with Gasteiger partial charge in [-0.25, -0.2) is 0 Å². The molecule has 2 heteroatoms. The topological polar surface area (TPSA) is 20.2 Å². The van der Waals surface area contributed by atoms with Gasteiger partial charge in [0.15, 0.2) is 0 Å². The van der Waals surface area contributed by atoms with Crippen LogP contribution in [0.4, 0.5) is 0 Å². The summed E-state index contributed by atoms with van der Waals surface area (Å²) in [5.74, 6) is 0.894. The molecule has 0 saturated carbocycles. The van der Waals surface area contributed by atoms with Gasteiger partial charge in [0.2, 0.25) is 0 Å². The third-order valence-electron chi connectivity index (χ3n) is 1.62. The molecule has 0 aliphatic carbocycles. The van der Waals surface area contributed by atoms with E-state index in [0.717, 1.165) is 12.2 Å². The highest BCUT2D eigenvalue weighted by Crippen LogP contribution is 2.15. The van der Waals surface area contributed by atoms with E-state index in [9.17, 15) is 5.11 Å². The van der Waals surface area contributed by atoms with Gasteiger partial charge in [-0.1, -0.05) is 20.8 Å². The number of hydrogen-bond acceptors (Lipinski definition) is 2. The van der Waals surface area contributed by atoms with E-state index in [1.807, 2.05) is 18.7 Å². The van der Waals surface area contributed by atoms with Crippen molar-refractivity contribution in [3.05, 3.63) is 0 Å². The van der Waals surface area contributed by atoms with Gasteiger partial charge in [0.1, 0.15) is 0 Å². The molecule has 0 saturated heterocycles. The molecule has 10 heavy (non-hydrogen) atoms. The smallest absolute Gasteiger partial charge is 0.0628 e. The largest absolute Gasteiger partial charge is 0.392 e. The molecule has 0 aromatic heterocycles. The number of aliphatic hydroxyl groups is 1. The minimum absolute atomic E-state index is 0.0981. The Bertz CT molecular complexity index is 65.7. The first-order chi connectivity index (χ1) is 4.70. The fourth-order valence-electron chi connectivity index (χ4n) is 0.511. The average molecular weight is 162 g/mol. The molecule has 2 unspecified atom stereocenters. The van der Waals surface area contributed by atoms with E-state index in [4.69, 9.17) is 0 Å². The molecule has 1 nitrogen and oxygen atoms in total. The van der Waals surface area contributed by atoms with Crippen molar-refractivity contribution in [2.75, 3.05) is 5.75 Å². The van der Waals surface area contributed by atoms with Crippen molar-refractivity contribution in [1.82, 2.24) is 0 Å². The number of thioether (sulfide) groups is 1. The molecule has 0 spiro atoms. The second-order valence-electron chi connectivity index (χ2n) is 2.61. The highest BCUT2D eigenvalue weighted by Gasteiger charge is 2.03. The fraction of sp³-hybridized carbons (Fsp3) is 1.00. The van der Waals surface area contributed by atoms with E-state index in [-0.39, 0.29) is 6.10 Å². The molecule has 0 heterocycles. The van der Waals surface area contributed by atoms with Gasteiger partial charge in [-0.3, -0.25) is 0 Å². The highest BCUT2D eigenvalue weighted by molar-refractivity contribution is 7.99. The van der Waals surface area contributed by atoms with Crippen molar-refractivity contribution >= 4 is 11.8 Å². The van der Waals surface area contributed by atoms with Crippen molar-refractivity contribution in [2.45, 2.75) is 45.0 Å². The standard InChI is InChI=1S/C8H18OS/c1-4-7(3)10-6-8(9)5-2/h7-9H,4-6H2,1-3H3. The van der Waals surface area contributed by atoms with Gasteiger partial charge in [0.25, 0.3) is 0 Å². The highest BCUT2D eigenvalue weighted by atomic mass is 32.2. The summed E-state index contributed by atoms with van der Waals surface area (Å²) < 4.78 is 0. The first-order valence-electron chi connectivity index (χ1n) is 4.00. The van der Waals surface area contributed by atoms with Crippen molar-refractivity contribution in [1.29, 1.82) is 0 Å². The Hall–Kier alpha value is 0.310. The van der Waals surface area contributed by atoms with E-state index in [0.29, 0.717) is 5.25 Å². The van der Waals surface area contributed by atoms with E-state index >= 15 is 0 Å². The Labute approximate surface area is 68.2 Å². The molecular formula is C8H18OS. The van der Waals surface area contributed by atoms with E-state index in [2.05, 4.69) is 13.8 Å². The quantitative estimate of drug-likeness (QED) is 0.669. The molecule has 0 aromatic rings. The van der Waals surface area contributed by atoms with Crippen LogP contribution in [0.15, 0.2) is 0 Å². The first kappa shape index (κ1) is 10.3. The molecule has 1 N–H and O–H groups in total. The van der Waals surface area contributed by atoms with E-state index in [1.165, 1.54) is 6.42 Å². The van der Waals surface area contributed by atoms with Crippen LogP contribution in [0.5, 0.6) is 0 Å². The van der Waals surface area contributed by atoms with Gasteiger partial charge in [-0.15, -0.1) is 0 Å². The Balaban J connectivity index is 3.17. The molecule has 0 aromatic carbocycles. The second kappa shape index (κ2) is 6.05. The van der Waals surface area contributed by atoms with Crippen LogP contribution in [0.25, 0.3) is 0 Å². The van der Waals surface area contributed by atoms with Gasteiger partial charge < -0.3 is 5.11 Å². The zero-order valence-corrected chi connectivity index (χ0v) is 7.95. The zero-order valence-electron chi connectivity index (χ0n) is 7.13. The molecule has 2 atom stereocenters. The summed E-state index contributed by atoms with van der Waals surface area (Å²) >= 11 is 1.86. The van der Waals surface area contributed by atoms with Crippen molar-refractivity contribution in [2.24, 2.45) is 0 Å². The van der Waals surface area contributed by atoms with Gasteiger partial charge in [0.05, 0.1) is 6.10 Å². The number of aliphatic hydroxyl groups excluding tert-OH is 1. The third kappa shape index (κ3) is 5.12. The second-order valence-corrected chi connectivity index (χ2v) is 4.09. The molecule has 0 rings (SSSR count). The Kier molecular flexibility index (Phi) is 6.24. The SMILES string of the molecule is CCC(O)CSC(C)CC. The van der Waals surface area contributed by atoms with Crippen molar-refractivity contribution in [3.63, 3.8) is 0 Å². The first-order valence-corrected chi connectivity index (χ1v) is 5.05. The van der Waals surface area contributed by atoms with Crippen LogP contribution in [0.1, 0.15) is 33.6 Å². The predicted molar refractivity (Wildman–Crippen MR) is 48.5 cm³/mol. The molecule has 0 aliphatic heterocycles. The Morgan fingerprint density at radius 1 is 1.30 bits per heavy atom. The molecule has 62 valence electrons. The average Bonchev–Trinajstić information content (AvgIpc) is 1.99. The summed E-state index contributed by atoms with van der Waals surface area (Å²) in [7, 11) is 0. The third-order valence-corrected chi connectivity index (χ3v) is 3.10. The van der Waals surface area contributed by atoms with Crippen LogP contribution in [0, 0.1) is 0 Å². The van der Waals surface area contributed by atoms with Crippen LogP contribution in [0.2, 0.25) is 0 Å². The number of rotatable bonds is 5. The van der Waals surface area contributed by atoms with Crippen LogP contribution in [-0.2, 0) is 0 Å². The summed E-state index contributed by atoms with van der Waals surface area (Å²) in [5, 5.41) is 9.88. The molecule has 0 radical (unpaired) electrons. The van der Waals surface area contributed by atoms with Crippen LogP contribution in [-0.4, -0.2) is 22.2 Å². The summed E-state index contributed by atoms with van der Waals surface area (Å²) in [5.41, 5.74) is 0. The molecule has 0 fully saturated rings. The maximum atomic E-state index is 9.18. The van der Waals surface area contributed by atoms with E-state index < -0.39 is 0 Å². The minimum atomic E-state index is -0.0981. The Morgan fingerprint density at radius 3 is 2.30 bits per heavy atom. The molecule has 0 bridgehead atoms. The normalized spacial score (nSPS) is 16.8. The van der Waals surface area contributed by atoms with Crippen LogP contribution >= 0.6 is 11.8 Å². The molecule has 0 aliphatic rings. The van der Waals surface area contributed by atoms with Crippen LogP contribution < -0.4 is 0 Å². The lowest BCUT2D eigenvalue weighted by atomic mass is 10.3. The molecular weight excluding hydrogens is 144 g/mol. The maximum absolute atomic E-state index is 9.18. The lowest BCUT2D eigenvalue weighted by Crippen LogP contribution is -2.10. The fourth-order valence-corrected chi connectivity index (χ4v) is 1.53. The number of hydrogen-bond donors (Lipinski definition) is 1. The predicted octanol–water partition coefficient (Wildman–Crippen LogP) is 2.29. The van der Waals surface area contributed by atoms with Gasteiger partial charge >= 0.3 is 0 Å². The summed E-state index contributed by atoms with van der Waals surface area (Å²) in [6.07, 6.45) is 1.98. The van der Waals surface area contributed by atoms with Gasteiger partial charge in [-0.2, -0.15) is 11.8 Å². The van der Waals surface area contributed by atoms with Crippen molar-refractivity contribution in [3.8, 4) is 0 Å². The van der Waals surface area contributed by atoms with Crippen LogP contribution in [0.3, 0.4) is 0 Å². The minimum Gasteiger partial charge on any atom is -0.392 e. The monoisotopic (exact) mass is 162 g/mol. The van der Waals surface area contributed by atoms with Gasteiger partial charge in [-0.05, 0) is 12.8 Å². The maximum Gasteiger partial charge on any atom is 0.0628 e. The summed E-state index contributed by atoms with van der Waals surface area (Å²) in [6, 6.07) is 0.